The summed E-state index contributed by atoms with van der Waals surface area (Å²) in [6, 6.07) is 16.2. The first-order chi connectivity index (χ1) is 9.70. The molecule has 1 amide bonds. The molecule has 0 spiro atoms. The van der Waals surface area contributed by atoms with Gasteiger partial charge in [0.1, 0.15) is 0 Å². The van der Waals surface area contributed by atoms with Crippen molar-refractivity contribution in [2.45, 2.75) is 20.0 Å². The van der Waals surface area contributed by atoms with Crippen LogP contribution in [0.4, 0.5) is 5.69 Å². The Morgan fingerprint density at radius 3 is 2.45 bits per heavy atom. The summed E-state index contributed by atoms with van der Waals surface area (Å²) in [7, 11) is 0. The maximum atomic E-state index is 12.1. The molecule has 0 radical (unpaired) electrons. The second-order valence-corrected chi connectivity index (χ2v) is 5.33. The smallest absolute Gasteiger partial charge is 0.238 e. The number of fused-ring (bicyclic) bond motifs is 1. The Balaban J connectivity index is 1.58. The van der Waals surface area contributed by atoms with Crippen LogP contribution in [0.25, 0.3) is 0 Å². The molecule has 2 aromatic rings. The van der Waals surface area contributed by atoms with Crippen LogP contribution in [0.1, 0.15) is 16.7 Å². The van der Waals surface area contributed by atoms with Crippen LogP contribution in [0.5, 0.6) is 0 Å². The molecule has 3 rings (SSSR count). The number of anilines is 1. The molecule has 1 aliphatic heterocycles. The van der Waals surface area contributed by atoms with Crippen molar-refractivity contribution in [1.82, 2.24) is 4.90 Å². The molecule has 0 saturated heterocycles. The van der Waals surface area contributed by atoms with Crippen LogP contribution in [-0.2, 0) is 17.9 Å². The molecule has 0 aromatic heterocycles. The molecular formula is C17H18N2O. The summed E-state index contributed by atoms with van der Waals surface area (Å²) in [6.45, 7) is 4.17. The monoisotopic (exact) mass is 266 g/mol. The molecule has 0 unspecified atom stereocenters. The number of aryl methyl sites for hydroxylation is 1. The molecule has 3 heteroatoms. The van der Waals surface area contributed by atoms with Gasteiger partial charge < -0.3 is 5.32 Å². The Kier molecular flexibility index (Phi) is 3.52. The first kappa shape index (κ1) is 12.9. The number of carbonyl (C=O) groups excluding carboxylic acids is 1. The molecule has 2 aromatic carbocycles. The Morgan fingerprint density at radius 2 is 1.80 bits per heavy atom. The number of amides is 1. The van der Waals surface area contributed by atoms with E-state index in [9.17, 15) is 4.79 Å². The zero-order valence-corrected chi connectivity index (χ0v) is 11.6. The largest absolute Gasteiger partial charge is 0.325 e. The molecule has 1 aliphatic rings. The van der Waals surface area contributed by atoms with Crippen molar-refractivity contribution in [2.75, 3.05) is 11.9 Å². The molecule has 0 bridgehead atoms. The third kappa shape index (κ3) is 2.89. The lowest BCUT2D eigenvalue weighted by Gasteiger charge is -2.14. The summed E-state index contributed by atoms with van der Waals surface area (Å²) in [6.07, 6.45) is 0. The topological polar surface area (TPSA) is 32.3 Å². The van der Waals surface area contributed by atoms with Crippen molar-refractivity contribution in [3.8, 4) is 0 Å². The van der Waals surface area contributed by atoms with E-state index in [0.29, 0.717) is 6.54 Å². The first-order valence-corrected chi connectivity index (χ1v) is 6.86. The standard InChI is InChI=1S/C17H18N2O/c1-13-5-4-8-16(9-13)18-17(20)12-19-10-14-6-2-3-7-15(14)11-19/h2-9H,10-12H2,1H3,(H,18,20). The highest BCUT2D eigenvalue weighted by atomic mass is 16.2. The van der Waals surface area contributed by atoms with Gasteiger partial charge in [0, 0.05) is 18.8 Å². The first-order valence-electron chi connectivity index (χ1n) is 6.86. The Hall–Kier alpha value is -2.13. The van der Waals surface area contributed by atoms with Gasteiger partial charge in [-0.1, -0.05) is 36.4 Å². The van der Waals surface area contributed by atoms with E-state index >= 15 is 0 Å². The van der Waals surface area contributed by atoms with E-state index in [4.69, 9.17) is 0 Å². The number of carbonyl (C=O) groups is 1. The van der Waals surface area contributed by atoms with Crippen molar-refractivity contribution < 1.29 is 4.79 Å². The number of hydrogen-bond donors (Lipinski definition) is 1. The minimum atomic E-state index is 0.0448. The molecule has 102 valence electrons. The summed E-state index contributed by atoms with van der Waals surface area (Å²) in [5.41, 5.74) is 4.68. The van der Waals surface area contributed by atoms with Gasteiger partial charge in [-0.25, -0.2) is 0 Å². The van der Waals surface area contributed by atoms with E-state index in [1.54, 1.807) is 0 Å². The minimum absolute atomic E-state index is 0.0448. The zero-order valence-electron chi connectivity index (χ0n) is 11.6. The highest BCUT2D eigenvalue weighted by Gasteiger charge is 2.20. The van der Waals surface area contributed by atoms with Gasteiger partial charge in [0.2, 0.25) is 5.91 Å². The second-order valence-electron chi connectivity index (χ2n) is 5.33. The predicted octanol–water partition coefficient (Wildman–Crippen LogP) is 2.95. The van der Waals surface area contributed by atoms with E-state index in [1.807, 2.05) is 31.2 Å². The fraction of sp³-hybridized carbons (Fsp3) is 0.235. The number of nitrogens with zero attached hydrogens (tertiary/aromatic N) is 1. The van der Waals surface area contributed by atoms with Crippen LogP contribution in [0.3, 0.4) is 0 Å². The Bertz CT molecular complexity index is 611. The van der Waals surface area contributed by atoms with Gasteiger partial charge in [0.15, 0.2) is 0 Å². The molecule has 0 saturated carbocycles. The third-order valence-corrected chi connectivity index (χ3v) is 3.58. The van der Waals surface area contributed by atoms with Gasteiger partial charge in [-0.15, -0.1) is 0 Å². The SMILES string of the molecule is Cc1cccc(NC(=O)CN2Cc3ccccc3C2)c1. The van der Waals surface area contributed by atoms with Gasteiger partial charge >= 0.3 is 0 Å². The van der Waals surface area contributed by atoms with E-state index < -0.39 is 0 Å². The summed E-state index contributed by atoms with van der Waals surface area (Å²) in [5, 5.41) is 2.96. The average Bonchev–Trinajstić information content (AvgIpc) is 2.80. The van der Waals surface area contributed by atoms with Gasteiger partial charge in [0.25, 0.3) is 0 Å². The van der Waals surface area contributed by atoms with Gasteiger partial charge in [-0.3, -0.25) is 9.69 Å². The fourth-order valence-corrected chi connectivity index (χ4v) is 2.64. The summed E-state index contributed by atoms with van der Waals surface area (Å²) in [4.78, 5) is 14.2. The fourth-order valence-electron chi connectivity index (χ4n) is 2.64. The average molecular weight is 266 g/mol. The molecule has 1 N–H and O–H groups in total. The lowest BCUT2D eigenvalue weighted by Crippen LogP contribution is -2.29. The molecule has 0 atom stereocenters. The quantitative estimate of drug-likeness (QED) is 0.926. The normalized spacial score (nSPS) is 14.1. The zero-order chi connectivity index (χ0) is 13.9. The summed E-state index contributed by atoms with van der Waals surface area (Å²) in [5.74, 6) is 0.0448. The van der Waals surface area contributed by atoms with Crippen LogP contribution in [-0.4, -0.2) is 17.4 Å². The van der Waals surface area contributed by atoms with E-state index in [-0.39, 0.29) is 5.91 Å². The molecule has 0 aliphatic carbocycles. The maximum absolute atomic E-state index is 12.1. The summed E-state index contributed by atoms with van der Waals surface area (Å²) < 4.78 is 0. The van der Waals surface area contributed by atoms with Crippen molar-refractivity contribution >= 4 is 11.6 Å². The van der Waals surface area contributed by atoms with Crippen LogP contribution < -0.4 is 5.32 Å². The molecular weight excluding hydrogens is 248 g/mol. The van der Waals surface area contributed by atoms with Crippen LogP contribution in [0.15, 0.2) is 48.5 Å². The van der Waals surface area contributed by atoms with Gasteiger partial charge in [0.05, 0.1) is 6.54 Å². The van der Waals surface area contributed by atoms with Crippen molar-refractivity contribution in [3.63, 3.8) is 0 Å². The molecule has 1 heterocycles. The lowest BCUT2D eigenvalue weighted by atomic mass is 10.1. The van der Waals surface area contributed by atoms with Crippen molar-refractivity contribution in [1.29, 1.82) is 0 Å². The highest BCUT2D eigenvalue weighted by molar-refractivity contribution is 5.92. The molecule has 3 nitrogen and oxygen atoms in total. The maximum Gasteiger partial charge on any atom is 0.238 e. The molecule has 0 fully saturated rings. The van der Waals surface area contributed by atoms with Crippen LogP contribution in [0.2, 0.25) is 0 Å². The Morgan fingerprint density at radius 1 is 1.10 bits per heavy atom. The lowest BCUT2D eigenvalue weighted by molar-refractivity contribution is -0.117. The number of hydrogen-bond acceptors (Lipinski definition) is 2. The number of benzene rings is 2. The van der Waals surface area contributed by atoms with Gasteiger partial charge in [-0.05, 0) is 35.7 Å². The minimum Gasteiger partial charge on any atom is -0.325 e. The highest BCUT2D eigenvalue weighted by Crippen LogP contribution is 2.21. The Labute approximate surface area is 119 Å². The predicted molar refractivity (Wildman–Crippen MR) is 80.4 cm³/mol. The second kappa shape index (κ2) is 5.47. The molecule has 20 heavy (non-hydrogen) atoms. The van der Waals surface area contributed by atoms with Crippen molar-refractivity contribution in [3.05, 3.63) is 65.2 Å². The van der Waals surface area contributed by atoms with Gasteiger partial charge in [-0.2, -0.15) is 0 Å². The van der Waals surface area contributed by atoms with E-state index in [2.05, 4.69) is 34.5 Å². The van der Waals surface area contributed by atoms with E-state index in [1.165, 1.54) is 11.1 Å². The van der Waals surface area contributed by atoms with E-state index in [0.717, 1.165) is 24.3 Å². The van der Waals surface area contributed by atoms with Crippen LogP contribution >= 0.6 is 0 Å². The number of rotatable bonds is 3. The number of nitrogens with one attached hydrogen (secondary N) is 1. The summed E-state index contributed by atoms with van der Waals surface area (Å²) >= 11 is 0. The van der Waals surface area contributed by atoms with Crippen molar-refractivity contribution in [2.24, 2.45) is 0 Å². The van der Waals surface area contributed by atoms with Crippen LogP contribution in [0, 0.1) is 6.92 Å². The third-order valence-electron chi connectivity index (χ3n) is 3.58.